The van der Waals surface area contributed by atoms with Crippen LogP contribution in [0.25, 0.3) is 0 Å². The number of amides is 1. The van der Waals surface area contributed by atoms with Crippen LogP contribution in [0.1, 0.15) is 64.6 Å². The summed E-state index contributed by atoms with van der Waals surface area (Å²) in [6.07, 6.45) is 2.59. The van der Waals surface area contributed by atoms with Crippen molar-refractivity contribution < 1.29 is 14.4 Å². The maximum Gasteiger partial charge on any atom is 0.227 e. The fraction of sp³-hybridized carbons (Fsp3) is 0.812. The van der Waals surface area contributed by atoms with Gasteiger partial charge in [-0.1, -0.05) is 32.9 Å². The molecule has 6 nitrogen and oxygen atoms in total. The third kappa shape index (κ3) is 4.53. The summed E-state index contributed by atoms with van der Waals surface area (Å²) in [5.74, 6) is 1.86. The predicted molar refractivity (Wildman–Crippen MR) is 82.2 cm³/mol. The Hall–Kier alpha value is -1.43. The zero-order valence-corrected chi connectivity index (χ0v) is 13.9. The van der Waals surface area contributed by atoms with Gasteiger partial charge in [-0.15, -0.1) is 0 Å². The minimum Gasteiger partial charge on any atom is -0.392 e. The second-order valence-corrected chi connectivity index (χ2v) is 7.27. The lowest BCUT2D eigenvalue weighted by Gasteiger charge is -2.33. The molecular weight excluding hydrogens is 282 g/mol. The highest BCUT2D eigenvalue weighted by molar-refractivity contribution is 5.76. The number of rotatable bonds is 8. The summed E-state index contributed by atoms with van der Waals surface area (Å²) in [5.41, 5.74) is -0.354. The summed E-state index contributed by atoms with van der Waals surface area (Å²) < 4.78 is 5.15. The van der Waals surface area contributed by atoms with Crippen LogP contribution in [-0.2, 0) is 11.2 Å². The fourth-order valence-electron chi connectivity index (χ4n) is 2.52. The Morgan fingerprint density at radius 1 is 1.45 bits per heavy atom. The molecule has 124 valence electrons. The summed E-state index contributed by atoms with van der Waals surface area (Å²) in [6.45, 7) is 8.31. The van der Waals surface area contributed by atoms with Crippen LogP contribution in [0.5, 0.6) is 0 Å². The number of hydrogen-bond acceptors (Lipinski definition) is 5. The van der Waals surface area contributed by atoms with Gasteiger partial charge >= 0.3 is 0 Å². The third-order valence-corrected chi connectivity index (χ3v) is 4.17. The van der Waals surface area contributed by atoms with Crippen LogP contribution in [0.15, 0.2) is 4.52 Å². The SMILES string of the molecule is CC(C)C(O)C(C)(C)CNC(=O)CCc1nc(C2CC2)no1. The van der Waals surface area contributed by atoms with E-state index in [9.17, 15) is 9.90 Å². The standard InChI is InChI=1S/C16H27N3O3/c1-10(2)14(21)16(3,4)9-17-12(20)7-8-13-18-15(19-22-13)11-5-6-11/h10-11,14,21H,5-9H2,1-4H3,(H,17,20). The molecule has 0 aromatic carbocycles. The number of aliphatic hydroxyl groups excluding tert-OH is 1. The summed E-state index contributed by atoms with van der Waals surface area (Å²) in [7, 11) is 0. The molecule has 1 aromatic rings. The lowest BCUT2D eigenvalue weighted by molar-refractivity contribution is -0.122. The van der Waals surface area contributed by atoms with Gasteiger partial charge in [0, 0.05) is 30.7 Å². The van der Waals surface area contributed by atoms with E-state index in [-0.39, 0.29) is 17.2 Å². The molecule has 1 heterocycles. The van der Waals surface area contributed by atoms with E-state index >= 15 is 0 Å². The fourth-order valence-corrected chi connectivity index (χ4v) is 2.52. The van der Waals surface area contributed by atoms with Crippen molar-refractivity contribution in [1.82, 2.24) is 15.5 Å². The molecule has 1 aliphatic rings. The molecule has 1 aromatic heterocycles. The van der Waals surface area contributed by atoms with E-state index < -0.39 is 6.10 Å². The molecule has 0 bridgehead atoms. The number of carbonyl (C=O) groups excluding carboxylic acids is 1. The largest absolute Gasteiger partial charge is 0.392 e. The van der Waals surface area contributed by atoms with E-state index in [2.05, 4.69) is 15.5 Å². The first-order chi connectivity index (χ1) is 10.3. The molecule has 0 saturated heterocycles. The molecule has 2 N–H and O–H groups in total. The van der Waals surface area contributed by atoms with Crippen molar-refractivity contribution in [1.29, 1.82) is 0 Å². The molecule has 1 fully saturated rings. The van der Waals surface area contributed by atoms with Crippen LogP contribution in [0.2, 0.25) is 0 Å². The molecular formula is C16H27N3O3. The highest BCUT2D eigenvalue weighted by Crippen LogP contribution is 2.38. The third-order valence-electron chi connectivity index (χ3n) is 4.17. The summed E-state index contributed by atoms with van der Waals surface area (Å²) >= 11 is 0. The van der Waals surface area contributed by atoms with Crippen molar-refractivity contribution in [3.05, 3.63) is 11.7 Å². The van der Waals surface area contributed by atoms with Crippen LogP contribution in [0.4, 0.5) is 0 Å². The van der Waals surface area contributed by atoms with Gasteiger partial charge in [-0.05, 0) is 18.8 Å². The van der Waals surface area contributed by atoms with Crippen LogP contribution < -0.4 is 5.32 Å². The molecule has 1 atom stereocenters. The second-order valence-electron chi connectivity index (χ2n) is 7.27. The van der Waals surface area contributed by atoms with Crippen molar-refractivity contribution >= 4 is 5.91 Å². The van der Waals surface area contributed by atoms with Crippen LogP contribution >= 0.6 is 0 Å². The Morgan fingerprint density at radius 2 is 2.14 bits per heavy atom. The van der Waals surface area contributed by atoms with Crippen LogP contribution in [-0.4, -0.2) is 33.8 Å². The first-order valence-corrected chi connectivity index (χ1v) is 8.07. The van der Waals surface area contributed by atoms with E-state index in [0.29, 0.717) is 31.2 Å². The Labute approximate surface area is 131 Å². The second kappa shape index (κ2) is 6.77. The number of carbonyl (C=O) groups is 1. The Morgan fingerprint density at radius 3 is 2.73 bits per heavy atom. The van der Waals surface area contributed by atoms with Gasteiger partial charge < -0.3 is 14.9 Å². The number of nitrogens with one attached hydrogen (secondary N) is 1. The molecule has 1 saturated carbocycles. The monoisotopic (exact) mass is 309 g/mol. The van der Waals surface area contributed by atoms with Crippen molar-refractivity contribution in [2.24, 2.45) is 11.3 Å². The van der Waals surface area contributed by atoms with E-state index in [4.69, 9.17) is 4.52 Å². The Kier molecular flexibility index (Phi) is 5.21. The topological polar surface area (TPSA) is 88.2 Å². The number of aromatic nitrogens is 2. The van der Waals surface area contributed by atoms with Crippen LogP contribution in [0.3, 0.4) is 0 Å². The molecule has 22 heavy (non-hydrogen) atoms. The zero-order chi connectivity index (χ0) is 16.3. The van der Waals surface area contributed by atoms with E-state index in [1.807, 2.05) is 27.7 Å². The molecule has 0 spiro atoms. The average molecular weight is 309 g/mol. The van der Waals surface area contributed by atoms with Crippen molar-refractivity contribution in [3.63, 3.8) is 0 Å². The maximum absolute atomic E-state index is 11.9. The normalized spacial score (nSPS) is 16.8. The van der Waals surface area contributed by atoms with Gasteiger partial charge in [-0.25, -0.2) is 0 Å². The van der Waals surface area contributed by atoms with Crippen molar-refractivity contribution in [2.45, 2.75) is 65.4 Å². The number of aryl methyl sites for hydroxylation is 1. The minimum absolute atomic E-state index is 0.0600. The Balaban J connectivity index is 1.73. The summed E-state index contributed by atoms with van der Waals surface area (Å²) in [6, 6.07) is 0. The lowest BCUT2D eigenvalue weighted by Crippen LogP contribution is -2.43. The van der Waals surface area contributed by atoms with Gasteiger partial charge in [0.1, 0.15) is 0 Å². The molecule has 1 unspecified atom stereocenters. The quantitative estimate of drug-likeness (QED) is 0.767. The van der Waals surface area contributed by atoms with Gasteiger partial charge in [-0.3, -0.25) is 4.79 Å². The summed E-state index contributed by atoms with van der Waals surface area (Å²) in [5, 5.41) is 17.0. The van der Waals surface area contributed by atoms with E-state index in [1.54, 1.807) is 0 Å². The van der Waals surface area contributed by atoms with Gasteiger partial charge in [0.15, 0.2) is 5.82 Å². The Bertz CT molecular complexity index is 506. The maximum atomic E-state index is 11.9. The molecule has 6 heteroatoms. The highest BCUT2D eigenvalue weighted by Gasteiger charge is 2.31. The van der Waals surface area contributed by atoms with Crippen molar-refractivity contribution in [3.8, 4) is 0 Å². The first kappa shape index (κ1) is 16.9. The van der Waals surface area contributed by atoms with E-state index in [1.165, 1.54) is 0 Å². The number of hydrogen-bond donors (Lipinski definition) is 2. The van der Waals surface area contributed by atoms with E-state index in [0.717, 1.165) is 18.7 Å². The van der Waals surface area contributed by atoms with Crippen molar-refractivity contribution in [2.75, 3.05) is 6.54 Å². The first-order valence-electron chi connectivity index (χ1n) is 8.07. The number of aliphatic hydroxyl groups is 1. The van der Waals surface area contributed by atoms with Gasteiger partial charge in [0.05, 0.1) is 6.10 Å². The molecule has 1 amide bonds. The smallest absolute Gasteiger partial charge is 0.227 e. The van der Waals surface area contributed by atoms with Gasteiger partial charge in [0.25, 0.3) is 0 Å². The average Bonchev–Trinajstić information content (AvgIpc) is 3.21. The zero-order valence-electron chi connectivity index (χ0n) is 13.9. The summed E-state index contributed by atoms with van der Waals surface area (Å²) in [4.78, 5) is 16.2. The predicted octanol–water partition coefficient (Wildman–Crippen LogP) is 2.04. The van der Waals surface area contributed by atoms with Crippen LogP contribution in [0, 0.1) is 11.3 Å². The lowest BCUT2D eigenvalue weighted by atomic mass is 9.80. The molecule has 0 aliphatic heterocycles. The molecule has 2 rings (SSSR count). The number of nitrogens with zero attached hydrogens (tertiary/aromatic N) is 2. The minimum atomic E-state index is -0.454. The van der Waals surface area contributed by atoms with Gasteiger partial charge in [-0.2, -0.15) is 4.98 Å². The molecule has 1 aliphatic carbocycles. The van der Waals surface area contributed by atoms with Gasteiger partial charge in [0.2, 0.25) is 11.8 Å². The highest BCUT2D eigenvalue weighted by atomic mass is 16.5. The molecule has 0 radical (unpaired) electrons.